The lowest BCUT2D eigenvalue weighted by Gasteiger charge is -2.41. The Morgan fingerprint density at radius 2 is 1.45 bits per heavy atom. The van der Waals surface area contributed by atoms with Crippen LogP contribution in [0.2, 0.25) is 36.3 Å². The van der Waals surface area contributed by atoms with E-state index < -0.39 is 40.9 Å². The zero-order chi connectivity index (χ0) is 22.9. The maximum absolute atomic E-state index is 15.4. The molecule has 0 saturated carbocycles. The van der Waals surface area contributed by atoms with Crippen molar-refractivity contribution in [2.45, 2.75) is 96.3 Å². The summed E-state index contributed by atoms with van der Waals surface area (Å²) in [7, 11) is -4.66. The van der Waals surface area contributed by atoms with Gasteiger partial charge in [-0.3, -0.25) is 4.98 Å². The zero-order valence-corrected chi connectivity index (χ0v) is 21.6. The Kier molecular flexibility index (Phi) is 7.99. The van der Waals surface area contributed by atoms with Gasteiger partial charge in [0.2, 0.25) is 0 Å². The normalized spacial score (nSPS) is 15.5. The van der Waals surface area contributed by atoms with Gasteiger partial charge in [0.25, 0.3) is 5.92 Å². The molecule has 168 valence electrons. The van der Waals surface area contributed by atoms with Crippen molar-refractivity contribution in [1.82, 2.24) is 4.98 Å². The maximum atomic E-state index is 15.4. The van der Waals surface area contributed by atoms with E-state index >= 15 is 8.78 Å². The van der Waals surface area contributed by atoms with Crippen LogP contribution in [0.4, 0.5) is 13.2 Å². The molecule has 0 bridgehead atoms. The number of pyridine rings is 1. The Hall–Kier alpha value is -0.706. The molecular formula is C21H38F3NO2Si2. The van der Waals surface area contributed by atoms with Crippen molar-refractivity contribution >= 4 is 16.6 Å². The number of nitrogens with zero attached hydrogens (tertiary/aromatic N) is 1. The number of alkyl halides is 2. The van der Waals surface area contributed by atoms with E-state index in [4.69, 9.17) is 8.85 Å². The first-order valence-corrected chi connectivity index (χ1v) is 15.9. The predicted molar refractivity (Wildman–Crippen MR) is 118 cm³/mol. The monoisotopic (exact) mass is 449 g/mol. The fourth-order valence-electron chi connectivity index (χ4n) is 2.17. The minimum Gasteiger partial charge on any atom is -0.417 e. The zero-order valence-electron chi connectivity index (χ0n) is 19.6. The van der Waals surface area contributed by atoms with Crippen LogP contribution in [0, 0.1) is 5.82 Å². The molecule has 0 saturated heterocycles. The van der Waals surface area contributed by atoms with Crippen LogP contribution in [0.25, 0.3) is 0 Å². The molecule has 0 spiro atoms. The van der Waals surface area contributed by atoms with E-state index in [9.17, 15) is 4.39 Å². The summed E-state index contributed by atoms with van der Waals surface area (Å²) in [5.74, 6) is -3.76. The highest BCUT2D eigenvalue weighted by atomic mass is 28.4. The molecule has 1 unspecified atom stereocenters. The van der Waals surface area contributed by atoms with Crippen molar-refractivity contribution in [2.24, 2.45) is 0 Å². The smallest absolute Gasteiger partial charge is 0.280 e. The Morgan fingerprint density at radius 3 is 1.86 bits per heavy atom. The van der Waals surface area contributed by atoms with Gasteiger partial charge < -0.3 is 8.85 Å². The number of hydrogen-bond donors (Lipinski definition) is 0. The van der Waals surface area contributed by atoms with Crippen molar-refractivity contribution in [3.05, 3.63) is 29.8 Å². The van der Waals surface area contributed by atoms with Gasteiger partial charge in [0.1, 0.15) is 5.82 Å². The third-order valence-corrected chi connectivity index (χ3v) is 15.3. The van der Waals surface area contributed by atoms with E-state index in [0.29, 0.717) is 0 Å². The molecule has 1 atom stereocenters. The molecular weight excluding hydrogens is 411 g/mol. The average molecular weight is 450 g/mol. The molecule has 0 amide bonds. The summed E-state index contributed by atoms with van der Waals surface area (Å²) in [6.07, 6.45) is -1.05. The van der Waals surface area contributed by atoms with Gasteiger partial charge >= 0.3 is 0 Å². The number of hydrogen-bond acceptors (Lipinski definition) is 3. The van der Waals surface area contributed by atoms with Crippen LogP contribution in [0.1, 0.15) is 59.8 Å². The summed E-state index contributed by atoms with van der Waals surface area (Å²) >= 11 is 0. The topological polar surface area (TPSA) is 31.4 Å². The first kappa shape index (κ1) is 26.3. The van der Waals surface area contributed by atoms with Gasteiger partial charge in [0.05, 0.1) is 11.9 Å². The molecule has 0 aliphatic carbocycles. The highest BCUT2D eigenvalue weighted by Gasteiger charge is 2.49. The summed E-state index contributed by atoms with van der Waals surface area (Å²) in [5, 5.41) is -0.309. The Balaban J connectivity index is 3.12. The van der Waals surface area contributed by atoms with E-state index in [1.165, 1.54) is 6.07 Å². The molecule has 0 N–H and O–H groups in total. The average Bonchev–Trinajstić information content (AvgIpc) is 2.51. The van der Waals surface area contributed by atoms with Gasteiger partial charge in [-0.25, -0.2) is 13.2 Å². The lowest BCUT2D eigenvalue weighted by Crippen LogP contribution is -2.46. The van der Waals surface area contributed by atoms with Gasteiger partial charge in [0, 0.05) is 13.0 Å². The number of aromatic nitrogens is 1. The molecule has 8 heteroatoms. The lowest BCUT2D eigenvalue weighted by atomic mass is 10.1. The van der Waals surface area contributed by atoms with Crippen LogP contribution in [-0.4, -0.2) is 34.1 Å². The standard InChI is InChI=1S/C21H38F3NO2Si2/c1-19(2,3)28(7,8)26-14-13-21(23,24)18(17-12-11-16(22)15-25-17)27-29(9,10)20(4,5)6/h11-12,15,18H,13-14H2,1-10H3. The third kappa shape index (κ3) is 6.90. The van der Waals surface area contributed by atoms with Crippen LogP contribution in [0.5, 0.6) is 0 Å². The van der Waals surface area contributed by atoms with Crippen LogP contribution < -0.4 is 0 Å². The molecule has 1 rings (SSSR count). The highest BCUT2D eigenvalue weighted by Crippen LogP contribution is 2.45. The summed E-state index contributed by atoms with van der Waals surface area (Å²) in [4.78, 5) is 3.92. The van der Waals surface area contributed by atoms with Crippen LogP contribution >= 0.6 is 0 Å². The molecule has 0 aliphatic heterocycles. The second-order valence-corrected chi connectivity index (χ2v) is 20.3. The van der Waals surface area contributed by atoms with Gasteiger partial charge in [-0.1, -0.05) is 41.5 Å². The second-order valence-electron chi connectivity index (χ2n) is 10.8. The van der Waals surface area contributed by atoms with Crippen LogP contribution in [-0.2, 0) is 8.85 Å². The van der Waals surface area contributed by atoms with Gasteiger partial charge in [-0.2, -0.15) is 0 Å². The van der Waals surface area contributed by atoms with Crippen LogP contribution in [0.3, 0.4) is 0 Å². The van der Waals surface area contributed by atoms with Crippen molar-refractivity contribution < 1.29 is 22.0 Å². The van der Waals surface area contributed by atoms with Crippen LogP contribution in [0.15, 0.2) is 18.3 Å². The molecule has 1 aromatic rings. The van der Waals surface area contributed by atoms with Crippen molar-refractivity contribution in [3.63, 3.8) is 0 Å². The fourth-order valence-corrected chi connectivity index (χ4v) is 4.45. The summed E-state index contributed by atoms with van der Waals surface area (Å²) < 4.78 is 56.1. The molecule has 0 radical (unpaired) electrons. The highest BCUT2D eigenvalue weighted by molar-refractivity contribution is 6.74. The molecule has 0 aromatic carbocycles. The largest absolute Gasteiger partial charge is 0.417 e. The minimum absolute atomic E-state index is 0.0496. The first-order chi connectivity index (χ1) is 12.8. The molecule has 1 aromatic heterocycles. The van der Waals surface area contributed by atoms with Gasteiger partial charge in [0.15, 0.2) is 22.7 Å². The third-order valence-electron chi connectivity index (χ3n) is 6.33. The number of halogens is 3. The van der Waals surface area contributed by atoms with Crippen molar-refractivity contribution in [2.75, 3.05) is 6.61 Å². The van der Waals surface area contributed by atoms with E-state index in [1.807, 2.05) is 47.0 Å². The van der Waals surface area contributed by atoms with E-state index in [1.54, 1.807) is 0 Å². The first-order valence-electron chi connectivity index (χ1n) is 10.1. The lowest BCUT2D eigenvalue weighted by molar-refractivity contribution is -0.116. The fraction of sp³-hybridized carbons (Fsp3) is 0.762. The van der Waals surface area contributed by atoms with Crippen molar-refractivity contribution in [1.29, 1.82) is 0 Å². The predicted octanol–water partition coefficient (Wildman–Crippen LogP) is 7.33. The van der Waals surface area contributed by atoms with Crippen molar-refractivity contribution in [3.8, 4) is 0 Å². The quantitative estimate of drug-likeness (QED) is 0.389. The maximum Gasteiger partial charge on any atom is 0.280 e. The minimum atomic E-state index is -3.19. The Morgan fingerprint density at radius 1 is 0.931 bits per heavy atom. The molecule has 1 heterocycles. The molecule has 3 nitrogen and oxygen atoms in total. The van der Waals surface area contributed by atoms with E-state index in [0.717, 1.165) is 12.3 Å². The van der Waals surface area contributed by atoms with Gasteiger partial charge in [-0.15, -0.1) is 0 Å². The summed E-state index contributed by atoms with van der Waals surface area (Å²) in [6.45, 7) is 20.1. The molecule has 0 aliphatic rings. The second kappa shape index (κ2) is 8.80. The van der Waals surface area contributed by atoms with E-state index in [-0.39, 0.29) is 22.4 Å². The Bertz CT molecular complexity index is 666. The summed E-state index contributed by atoms with van der Waals surface area (Å²) in [6, 6.07) is 2.43. The van der Waals surface area contributed by atoms with E-state index in [2.05, 4.69) is 25.8 Å². The molecule has 29 heavy (non-hydrogen) atoms. The SMILES string of the molecule is CC(C)(C)[Si](C)(C)OCCC(F)(F)C(O[Si](C)(C)C(C)(C)C)c1ccc(F)cn1. The number of rotatable bonds is 8. The summed E-state index contributed by atoms with van der Waals surface area (Å²) in [5.41, 5.74) is 0.0496. The molecule has 0 fully saturated rings. The Labute approximate surface area is 176 Å². The van der Waals surface area contributed by atoms with Gasteiger partial charge in [-0.05, 0) is 48.4 Å².